The highest BCUT2D eigenvalue weighted by molar-refractivity contribution is 7.14. The molecule has 0 unspecified atom stereocenters. The molecule has 0 spiro atoms. The molecule has 0 atom stereocenters. The molecule has 1 aromatic rings. The first-order valence-corrected chi connectivity index (χ1v) is 5.90. The molecule has 1 heterocycles. The van der Waals surface area contributed by atoms with Crippen molar-refractivity contribution < 1.29 is 0 Å². The smallest absolute Gasteiger partial charge is 0.0911 e. The van der Waals surface area contributed by atoms with Crippen molar-refractivity contribution >= 4 is 16.3 Å². The van der Waals surface area contributed by atoms with Crippen molar-refractivity contribution in [3.8, 4) is 0 Å². The highest BCUT2D eigenvalue weighted by Crippen LogP contribution is 2.28. The zero-order valence-electron chi connectivity index (χ0n) is 9.00. The van der Waals surface area contributed by atoms with Crippen LogP contribution >= 0.6 is 11.3 Å². The Morgan fingerprint density at radius 1 is 1.31 bits per heavy atom. The standard InChI is InChI=1S/C11H19NS/c1-5-12(6-2)11-7-10(8-13-11)9(3)4/h7-9H,5-6H2,1-4H3. The topological polar surface area (TPSA) is 3.24 Å². The summed E-state index contributed by atoms with van der Waals surface area (Å²) in [5, 5.41) is 3.69. The van der Waals surface area contributed by atoms with Crippen LogP contribution < -0.4 is 4.90 Å². The zero-order valence-corrected chi connectivity index (χ0v) is 9.82. The molecule has 0 aromatic carbocycles. The molecular formula is C11H19NS. The maximum absolute atomic E-state index is 2.40. The van der Waals surface area contributed by atoms with Gasteiger partial charge in [0.25, 0.3) is 0 Å². The lowest BCUT2D eigenvalue weighted by atomic mass is 10.1. The lowest BCUT2D eigenvalue weighted by Gasteiger charge is -2.18. The van der Waals surface area contributed by atoms with E-state index in [1.807, 2.05) is 11.3 Å². The SMILES string of the molecule is CCN(CC)c1cc(C(C)C)cs1. The second-order valence-electron chi connectivity index (χ2n) is 3.55. The molecule has 0 amide bonds. The van der Waals surface area contributed by atoms with Gasteiger partial charge in [0.15, 0.2) is 0 Å². The van der Waals surface area contributed by atoms with Crippen molar-refractivity contribution in [1.29, 1.82) is 0 Å². The van der Waals surface area contributed by atoms with Crippen molar-refractivity contribution in [2.75, 3.05) is 18.0 Å². The number of nitrogens with zero attached hydrogens (tertiary/aromatic N) is 1. The minimum Gasteiger partial charge on any atom is -0.364 e. The molecule has 0 aliphatic rings. The monoisotopic (exact) mass is 197 g/mol. The fraction of sp³-hybridized carbons (Fsp3) is 0.636. The number of hydrogen-bond donors (Lipinski definition) is 0. The highest BCUT2D eigenvalue weighted by atomic mass is 32.1. The van der Waals surface area contributed by atoms with Gasteiger partial charge in [0.05, 0.1) is 5.00 Å². The van der Waals surface area contributed by atoms with Gasteiger partial charge in [0.1, 0.15) is 0 Å². The Morgan fingerprint density at radius 3 is 2.31 bits per heavy atom. The van der Waals surface area contributed by atoms with E-state index >= 15 is 0 Å². The van der Waals surface area contributed by atoms with Gasteiger partial charge in [-0.15, -0.1) is 11.3 Å². The summed E-state index contributed by atoms with van der Waals surface area (Å²) >= 11 is 1.86. The van der Waals surface area contributed by atoms with Gasteiger partial charge in [0, 0.05) is 13.1 Å². The van der Waals surface area contributed by atoms with Crippen LogP contribution in [0.5, 0.6) is 0 Å². The fourth-order valence-electron chi connectivity index (χ4n) is 1.34. The number of hydrogen-bond acceptors (Lipinski definition) is 2. The van der Waals surface area contributed by atoms with Gasteiger partial charge in [-0.25, -0.2) is 0 Å². The van der Waals surface area contributed by atoms with Gasteiger partial charge in [-0.05, 0) is 36.8 Å². The zero-order chi connectivity index (χ0) is 9.84. The summed E-state index contributed by atoms with van der Waals surface area (Å²) in [6, 6.07) is 2.32. The number of anilines is 1. The van der Waals surface area contributed by atoms with Crippen LogP contribution in [0.25, 0.3) is 0 Å². The second kappa shape index (κ2) is 4.66. The minimum atomic E-state index is 0.653. The maximum atomic E-state index is 2.40. The van der Waals surface area contributed by atoms with Crippen LogP contribution in [0, 0.1) is 0 Å². The van der Waals surface area contributed by atoms with Gasteiger partial charge in [-0.2, -0.15) is 0 Å². The van der Waals surface area contributed by atoms with Crippen molar-refractivity contribution in [3.05, 3.63) is 17.0 Å². The molecule has 0 bridgehead atoms. The van der Waals surface area contributed by atoms with E-state index in [0.29, 0.717) is 5.92 Å². The Balaban J connectivity index is 2.78. The van der Waals surface area contributed by atoms with Crippen LogP contribution in [0.3, 0.4) is 0 Å². The Morgan fingerprint density at radius 2 is 1.92 bits per heavy atom. The van der Waals surface area contributed by atoms with Gasteiger partial charge in [-0.1, -0.05) is 13.8 Å². The summed E-state index contributed by atoms with van der Waals surface area (Å²) in [6.45, 7) is 11.1. The quantitative estimate of drug-likeness (QED) is 0.711. The van der Waals surface area contributed by atoms with E-state index in [-0.39, 0.29) is 0 Å². The molecule has 0 saturated carbocycles. The van der Waals surface area contributed by atoms with Crippen molar-refractivity contribution in [3.63, 3.8) is 0 Å². The van der Waals surface area contributed by atoms with E-state index in [1.54, 1.807) is 0 Å². The molecule has 1 nitrogen and oxygen atoms in total. The third-order valence-corrected chi connectivity index (χ3v) is 3.36. The molecule has 74 valence electrons. The first-order chi connectivity index (χ1) is 6.19. The predicted molar refractivity (Wildman–Crippen MR) is 62.0 cm³/mol. The van der Waals surface area contributed by atoms with Crippen molar-refractivity contribution in [2.45, 2.75) is 33.6 Å². The fourth-order valence-corrected chi connectivity index (χ4v) is 2.55. The summed E-state index contributed by atoms with van der Waals surface area (Å²) in [5.41, 5.74) is 1.46. The molecule has 13 heavy (non-hydrogen) atoms. The first-order valence-electron chi connectivity index (χ1n) is 5.02. The second-order valence-corrected chi connectivity index (χ2v) is 4.43. The minimum absolute atomic E-state index is 0.653. The Bertz CT molecular complexity index is 248. The molecule has 0 fully saturated rings. The maximum Gasteiger partial charge on any atom is 0.0911 e. The number of thiophene rings is 1. The van der Waals surface area contributed by atoms with E-state index < -0.39 is 0 Å². The van der Waals surface area contributed by atoms with Crippen LogP contribution in [-0.4, -0.2) is 13.1 Å². The van der Waals surface area contributed by atoms with Crippen LogP contribution in [0.1, 0.15) is 39.2 Å². The summed E-state index contributed by atoms with van der Waals surface area (Å²) in [7, 11) is 0. The summed E-state index contributed by atoms with van der Waals surface area (Å²) in [6.07, 6.45) is 0. The van der Waals surface area contributed by atoms with E-state index in [0.717, 1.165) is 13.1 Å². The molecule has 0 aliphatic carbocycles. The van der Waals surface area contributed by atoms with Crippen LogP contribution in [0.15, 0.2) is 11.4 Å². The third kappa shape index (κ3) is 2.47. The predicted octanol–water partition coefficient (Wildman–Crippen LogP) is 3.72. The first kappa shape index (κ1) is 10.6. The van der Waals surface area contributed by atoms with E-state index in [4.69, 9.17) is 0 Å². The number of rotatable bonds is 4. The van der Waals surface area contributed by atoms with Crippen LogP contribution in [0.4, 0.5) is 5.00 Å². The average Bonchev–Trinajstić information content (AvgIpc) is 2.56. The molecular weight excluding hydrogens is 178 g/mol. The van der Waals surface area contributed by atoms with E-state index in [9.17, 15) is 0 Å². The average molecular weight is 197 g/mol. The lowest BCUT2D eigenvalue weighted by Crippen LogP contribution is -2.20. The third-order valence-electron chi connectivity index (χ3n) is 2.35. The Labute approximate surface area is 85.4 Å². The Kier molecular flexibility index (Phi) is 3.79. The molecule has 0 saturated heterocycles. The lowest BCUT2D eigenvalue weighted by molar-refractivity contribution is 0.858. The molecule has 2 heteroatoms. The summed E-state index contributed by atoms with van der Waals surface area (Å²) < 4.78 is 0. The van der Waals surface area contributed by atoms with E-state index in [2.05, 4.69) is 44.0 Å². The normalized spacial score (nSPS) is 10.8. The van der Waals surface area contributed by atoms with Gasteiger partial charge in [0.2, 0.25) is 0 Å². The van der Waals surface area contributed by atoms with Gasteiger partial charge < -0.3 is 4.90 Å². The molecule has 0 aliphatic heterocycles. The van der Waals surface area contributed by atoms with Gasteiger partial charge >= 0.3 is 0 Å². The molecule has 0 radical (unpaired) electrons. The van der Waals surface area contributed by atoms with Crippen molar-refractivity contribution in [1.82, 2.24) is 0 Å². The highest BCUT2D eigenvalue weighted by Gasteiger charge is 2.07. The molecule has 1 aromatic heterocycles. The molecule has 0 N–H and O–H groups in total. The largest absolute Gasteiger partial charge is 0.364 e. The van der Waals surface area contributed by atoms with E-state index in [1.165, 1.54) is 10.6 Å². The van der Waals surface area contributed by atoms with Crippen LogP contribution in [-0.2, 0) is 0 Å². The molecule has 1 rings (SSSR count). The summed E-state index contributed by atoms with van der Waals surface area (Å²) in [5.74, 6) is 0.653. The van der Waals surface area contributed by atoms with Gasteiger partial charge in [-0.3, -0.25) is 0 Å². The van der Waals surface area contributed by atoms with Crippen LogP contribution in [0.2, 0.25) is 0 Å². The Hall–Kier alpha value is -0.500. The summed E-state index contributed by atoms with van der Waals surface area (Å²) in [4.78, 5) is 2.40. The van der Waals surface area contributed by atoms with Crippen molar-refractivity contribution in [2.24, 2.45) is 0 Å².